The molecule has 2 aliphatic carbocycles. The summed E-state index contributed by atoms with van der Waals surface area (Å²) in [5.41, 5.74) is 0.707. The monoisotopic (exact) mass is 209 g/mol. The molecule has 3 fully saturated rings. The maximum absolute atomic E-state index is 2.89. The van der Waals surface area contributed by atoms with Crippen molar-refractivity contribution in [1.82, 2.24) is 4.90 Å². The van der Waals surface area contributed by atoms with Crippen molar-refractivity contribution in [1.29, 1.82) is 0 Å². The summed E-state index contributed by atoms with van der Waals surface area (Å²) in [6.07, 6.45) is 10.5. The number of piperidine rings is 1. The zero-order chi connectivity index (χ0) is 10.9. The lowest BCUT2D eigenvalue weighted by Crippen LogP contribution is -2.59. The number of hydrogen-bond acceptors (Lipinski definition) is 1. The van der Waals surface area contributed by atoms with E-state index < -0.39 is 0 Å². The highest BCUT2D eigenvalue weighted by molar-refractivity contribution is 5.07. The SMILES string of the molecule is CC.CC1CC2(CCCCN2C2CC2)C1. The predicted molar refractivity (Wildman–Crippen MR) is 66.1 cm³/mol. The predicted octanol–water partition coefficient (Wildman–Crippen LogP) is 3.83. The average Bonchev–Trinajstić information content (AvgIpc) is 3.03. The van der Waals surface area contributed by atoms with Crippen LogP contribution in [0.15, 0.2) is 0 Å². The van der Waals surface area contributed by atoms with Gasteiger partial charge in [-0.25, -0.2) is 0 Å². The lowest BCUT2D eigenvalue weighted by molar-refractivity contribution is -0.0533. The number of hydrogen-bond donors (Lipinski definition) is 0. The van der Waals surface area contributed by atoms with Gasteiger partial charge in [-0.15, -0.1) is 0 Å². The molecule has 1 aliphatic heterocycles. The van der Waals surface area contributed by atoms with Crippen LogP contribution in [0.1, 0.15) is 65.7 Å². The molecule has 3 rings (SSSR count). The zero-order valence-corrected chi connectivity index (χ0v) is 10.8. The van der Waals surface area contributed by atoms with E-state index in [1.54, 1.807) is 0 Å². The summed E-state index contributed by atoms with van der Waals surface area (Å²) in [7, 11) is 0. The number of likely N-dealkylation sites (tertiary alicyclic amines) is 1. The van der Waals surface area contributed by atoms with Crippen LogP contribution in [-0.4, -0.2) is 23.0 Å². The van der Waals surface area contributed by atoms with Crippen LogP contribution in [0.5, 0.6) is 0 Å². The first kappa shape index (κ1) is 11.4. The molecule has 2 saturated carbocycles. The molecule has 0 radical (unpaired) electrons. The van der Waals surface area contributed by atoms with Crippen molar-refractivity contribution >= 4 is 0 Å². The number of nitrogens with zero attached hydrogens (tertiary/aromatic N) is 1. The minimum absolute atomic E-state index is 0.707. The average molecular weight is 209 g/mol. The van der Waals surface area contributed by atoms with Gasteiger partial charge in [-0.3, -0.25) is 4.90 Å². The summed E-state index contributed by atoms with van der Waals surface area (Å²) in [5.74, 6) is 1.01. The van der Waals surface area contributed by atoms with Crippen molar-refractivity contribution in [3.63, 3.8) is 0 Å². The maximum atomic E-state index is 2.89. The van der Waals surface area contributed by atoms with E-state index in [9.17, 15) is 0 Å². The van der Waals surface area contributed by atoms with E-state index in [-0.39, 0.29) is 0 Å². The number of rotatable bonds is 1. The van der Waals surface area contributed by atoms with Crippen molar-refractivity contribution < 1.29 is 0 Å². The van der Waals surface area contributed by atoms with Gasteiger partial charge in [-0.05, 0) is 51.0 Å². The fourth-order valence-corrected chi connectivity index (χ4v) is 3.75. The van der Waals surface area contributed by atoms with Gasteiger partial charge in [0.25, 0.3) is 0 Å². The summed E-state index contributed by atoms with van der Waals surface area (Å²) < 4.78 is 0. The standard InChI is InChI=1S/C12H21N.C2H6/c1-10-8-12(9-10)6-2-3-7-13(12)11-4-5-11;1-2/h10-11H,2-9H2,1H3;1-2H3. The first-order valence-corrected chi connectivity index (χ1v) is 7.07. The Morgan fingerprint density at radius 2 is 1.73 bits per heavy atom. The fraction of sp³-hybridized carbons (Fsp3) is 1.00. The van der Waals surface area contributed by atoms with Crippen LogP contribution >= 0.6 is 0 Å². The summed E-state index contributed by atoms with van der Waals surface area (Å²) in [5, 5.41) is 0. The van der Waals surface area contributed by atoms with E-state index in [0.717, 1.165) is 12.0 Å². The van der Waals surface area contributed by atoms with Gasteiger partial charge in [0.1, 0.15) is 0 Å². The largest absolute Gasteiger partial charge is 0.295 e. The van der Waals surface area contributed by atoms with E-state index in [1.165, 1.54) is 51.5 Å². The Labute approximate surface area is 95.2 Å². The molecule has 0 unspecified atom stereocenters. The molecule has 88 valence electrons. The van der Waals surface area contributed by atoms with Gasteiger partial charge in [0.15, 0.2) is 0 Å². The Balaban J connectivity index is 0.000000404. The zero-order valence-electron chi connectivity index (χ0n) is 10.8. The summed E-state index contributed by atoms with van der Waals surface area (Å²) in [6.45, 7) is 7.84. The van der Waals surface area contributed by atoms with Crippen molar-refractivity contribution in [2.75, 3.05) is 6.54 Å². The van der Waals surface area contributed by atoms with Crippen LogP contribution in [0, 0.1) is 5.92 Å². The fourth-order valence-electron chi connectivity index (χ4n) is 3.75. The Hall–Kier alpha value is -0.0400. The van der Waals surface area contributed by atoms with Gasteiger partial charge in [-0.2, -0.15) is 0 Å². The molecular weight excluding hydrogens is 182 g/mol. The molecule has 0 bridgehead atoms. The van der Waals surface area contributed by atoms with Crippen LogP contribution in [0.4, 0.5) is 0 Å². The Bertz CT molecular complexity index is 196. The molecule has 1 spiro atoms. The molecule has 15 heavy (non-hydrogen) atoms. The van der Waals surface area contributed by atoms with E-state index in [2.05, 4.69) is 11.8 Å². The van der Waals surface area contributed by atoms with E-state index in [4.69, 9.17) is 0 Å². The van der Waals surface area contributed by atoms with Crippen LogP contribution in [-0.2, 0) is 0 Å². The van der Waals surface area contributed by atoms with Crippen LogP contribution < -0.4 is 0 Å². The second kappa shape index (κ2) is 4.45. The van der Waals surface area contributed by atoms with E-state index >= 15 is 0 Å². The molecule has 0 aromatic heterocycles. The second-order valence-corrected chi connectivity index (χ2v) is 5.62. The van der Waals surface area contributed by atoms with Crippen LogP contribution in [0.25, 0.3) is 0 Å². The third-order valence-corrected chi connectivity index (χ3v) is 4.34. The van der Waals surface area contributed by atoms with Crippen LogP contribution in [0.3, 0.4) is 0 Å². The van der Waals surface area contributed by atoms with Crippen molar-refractivity contribution in [3.05, 3.63) is 0 Å². The molecule has 0 amide bonds. The smallest absolute Gasteiger partial charge is 0.0217 e. The lowest BCUT2D eigenvalue weighted by atomic mass is 9.64. The first-order chi connectivity index (χ1) is 7.30. The molecule has 0 aromatic carbocycles. The minimum atomic E-state index is 0.707. The summed E-state index contributed by atoms with van der Waals surface area (Å²) in [6, 6.07) is 1.01. The van der Waals surface area contributed by atoms with Gasteiger partial charge in [0.05, 0.1) is 0 Å². The third kappa shape index (κ3) is 2.08. The normalized spacial score (nSPS) is 40.6. The highest BCUT2D eigenvalue weighted by Gasteiger charge is 2.51. The third-order valence-electron chi connectivity index (χ3n) is 4.34. The topological polar surface area (TPSA) is 3.24 Å². The maximum Gasteiger partial charge on any atom is 0.0217 e. The van der Waals surface area contributed by atoms with Crippen molar-refractivity contribution in [3.8, 4) is 0 Å². The van der Waals surface area contributed by atoms with Crippen molar-refractivity contribution in [2.24, 2.45) is 5.92 Å². The van der Waals surface area contributed by atoms with Gasteiger partial charge >= 0.3 is 0 Å². The van der Waals surface area contributed by atoms with Gasteiger partial charge < -0.3 is 0 Å². The van der Waals surface area contributed by atoms with Gasteiger partial charge in [-0.1, -0.05) is 27.2 Å². The highest BCUT2D eigenvalue weighted by Crippen LogP contribution is 2.51. The molecule has 3 aliphatic rings. The minimum Gasteiger partial charge on any atom is -0.295 e. The van der Waals surface area contributed by atoms with E-state index in [0.29, 0.717) is 5.54 Å². The molecule has 1 nitrogen and oxygen atoms in total. The Morgan fingerprint density at radius 1 is 1.07 bits per heavy atom. The van der Waals surface area contributed by atoms with Crippen LogP contribution in [0.2, 0.25) is 0 Å². The molecule has 0 aromatic rings. The first-order valence-electron chi connectivity index (χ1n) is 7.07. The van der Waals surface area contributed by atoms with Gasteiger partial charge in [0, 0.05) is 11.6 Å². The van der Waals surface area contributed by atoms with Crippen molar-refractivity contribution in [2.45, 2.75) is 77.3 Å². The van der Waals surface area contributed by atoms with Gasteiger partial charge in [0.2, 0.25) is 0 Å². The molecule has 1 heterocycles. The molecule has 0 N–H and O–H groups in total. The highest BCUT2D eigenvalue weighted by atomic mass is 15.3. The Kier molecular flexibility index (Phi) is 3.39. The molecule has 1 heteroatoms. The lowest BCUT2D eigenvalue weighted by Gasteiger charge is -2.56. The Morgan fingerprint density at radius 3 is 2.27 bits per heavy atom. The summed E-state index contributed by atoms with van der Waals surface area (Å²) >= 11 is 0. The van der Waals surface area contributed by atoms with E-state index in [1.807, 2.05) is 13.8 Å². The molecule has 0 atom stereocenters. The molecule has 1 saturated heterocycles. The second-order valence-electron chi connectivity index (χ2n) is 5.62. The summed E-state index contributed by atoms with van der Waals surface area (Å²) in [4.78, 5) is 2.89. The quantitative estimate of drug-likeness (QED) is 0.634. The molecular formula is C14H27N.